The van der Waals surface area contributed by atoms with Crippen molar-refractivity contribution >= 4 is 0 Å². The van der Waals surface area contributed by atoms with Crippen molar-refractivity contribution in [3.8, 4) is 6.07 Å². The fourth-order valence-electron chi connectivity index (χ4n) is 3.28. The third-order valence-electron chi connectivity index (χ3n) is 4.18. The fourth-order valence-corrected chi connectivity index (χ4v) is 3.28. The Kier molecular flexibility index (Phi) is 3.64. The second kappa shape index (κ2) is 4.99. The molecule has 0 aromatic rings. The number of rotatable bonds is 1. The third kappa shape index (κ3) is 2.34. The number of nitrogens with zero attached hydrogens (tertiary/aromatic N) is 2. The molecule has 1 aliphatic carbocycles. The zero-order valence-electron chi connectivity index (χ0n) is 9.78. The van der Waals surface area contributed by atoms with E-state index in [1.807, 2.05) is 0 Å². The van der Waals surface area contributed by atoms with Gasteiger partial charge in [-0.3, -0.25) is 4.90 Å². The average molecular weight is 206 g/mol. The Morgan fingerprint density at radius 1 is 1.07 bits per heavy atom. The smallest absolute Gasteiger partial charge is 0.0672 e. The Labute approximate surface area is 93.3 Å². The normalized spacial score (nSPS) is 38.5. The van der Waals surface area contributed by atoms with Crippen LogP contribution in [0.2, 0.25) is 0 Å². The summed E-state index contributed by atoms with van der Waals surface area (Å²) in [5.74, 6) is 0.311. The largest absolute Gasteiger partial charge is 0.296 e. The van der Waals surface area contributed by atoms with Crippen LogP contribution in [0.15, 0.2) is 0 Å². The van der Waals surface area contributed by atoms with Gasteiger partial charge in [0.05, 0.1) is 12.0 Å². The van der Waals surface area contributed by atoms with Crippen LogP contribution < -0.4 is 0 Å². The molecule has 2 nitrogen and oxygen atoms in total. The van der Waals surface area contributed by atoms with E-state index in [-0.39, 0.29) is 0 Å². The maximum absolute atomic E-state index is 9.15. The van der Waals surface area contributed by atoms with Gasteiger partial charge in [-0.2, -0.15) is 5.26 Å². The van der Waals surface area contributed by atoms with Gasteiger partial charge in [0, 0.05) is 12.1 Å². The first kappa shape index (κ1) is 11.0. The van der Waals surface area contributed by atoms with Crippen LogP contribution in [0, 0.1) is 17.2 Å². The zero-order valence-corrected chi connectivity index (χ0v) is 9.78. The quantitative estimate of drug-likeness (QED) is 0.659. The molecule has 0 aromatic carbocycles. The molecule has 2 aliphatic rings. The molecule has 1 saturated heterocycles. The van der Waals surface area contributed by atoms with Gasteiger partial charge >= 0.3 is 0 Å². The highest BCUT2D eigenvalue weighted by molar-refractivity contribution is 4.98. The maximum Gasteiger partial charge on any atom is 0.0672 e. The summed E-state index contributed by atoms with van der Waals surface area (Å²) in [5.41, 5.74) is 0. The van der Waals surface area contributed by atoms with E-state index < -0.39 is 0 Å². The lowest BCUT2D eigenvalue weighted by Crippen LogP contribution is -2.43. The van der Waals surface area contributed by atoms with Crippen LogP contribution in [0.25, 0.3) is 0 Å². The van der Waals surface area contributed by atoms with Crippen molar-refractivity contribution in [2.24, 2.45) is 5.92 Å². The van der Waals surface area contributed by atoms with Crippen molar-refractivity contribution in [1.29, 1.82) is 5.26 Å². The second-order valence-electron chi connectivity index (χ2n) is 5.17. The minimum absolute atomic E-state index is 0.311. The molecule has 1 saturated carbocycles. The van der Waals surface area contributed by atoms with E-state index in [1.165, 1.54) is 45.1 Å². The number of likely N-dealkylation sites (tertiary alicyclic amines) is 1. The summed E-state index contributed by atoms with van der Waals surface area (Å²) in [6.07, 6.45) is 9.05. The molecule has 0 spiro atoms. The summed E-state index contributed by atoms with van der Waals surface area (Å²) in [4.78, 5) is 2.63. The molecule has 0 bridgehead atoms. The number of hydrogen-bond donors (Lipinski definition) is 0. The molecule has 0 N–H and O–H groups in total. The number of nitriles is 1. The molecule has 15 heavy (non-hydrogen) atoms. The summed E-state index contributed by atoms with van der Waals surface area (Å²) in [7, 11) is 0. The maximum atomic E-state index is 9.15. The van der Waals surface area contributed by atoms with Crippen LogP contribution in [-0.4, -0.2) is 23.5 Å². The Hall–Kier alpha value is -0.550. The van der Waals surface area contributed by atoms with E-state index in [4.69, 9.17) is 5.26 Å². The van der Waals surface area contributed by atoms with Gasteiger partial charge in [0.25, 0.3) is 0 Å². The standard InChI is InChI=1S/C13H22N2/c1-11-6-3-2-4-9-15(11)13-8-5-7-12(13)10-14/h11-13H,2-9H2,1H3. The van der Waals surface area contributed by atoms with Crippen LogP contribution >= 0.6 is 0 Å². The van der Waals surface area contributed by atoms with E-state index in [0.29, 0.717) is 18.0 Å². The number of hydrogen-bond acceptors (Lipinski definition) is 2. The third-order valence-corrected chi connectivity index (χ3v) is 4.18. The van der Waals surface area contributed by atoms with Crippen molar-refractivity contribution in [3.05, 3.63) is 0 Å². The van der Waals surface area contributed by atoms with E-state index >= 15 is 0 Å². The van der Waals surface area contributed by atoms with Gasteiger partial charge in [0.15, 0.2) is 0 Å². The summed E-state index contributed by atoms with van der Waals surface area (Å²) < 4.78 is 0. The summed E-state index contributed by atoms with van der Waals surface area (Å²) in [6, 6.07) is 3.78. The molecule has 0 aromatic heterocycles. The molecule has 3 unspecified atom stereocenters. The van der Waals surface area contributed by atoms with Gasteiger partial charge in [0.1, 0.15) is 0 Å². The molecule has 1 aliphatic heterocycles. The predicted octanol–water partition coefficient (Wildman–Crippen LogP) is 2.94. The molecule has 2 heteroatoms. The average Bonchev–Trinajstić information content (AvgIpc) is 2.61. The lowest BCUT2D eigenvalue weighted by atomic mass is 10.0. The zero-order chi connectivity index (χ0) is 10.7. The van der Waals surface area contributed by atoms with Crippen LogP contribution in [0.1, 0.15) is 51.9 Å². The monoisotopic (exact) mass is 206 g/mol. The first-order valence-electron chi connectivity index (χ1n) is 6.48. The van der Waals surface area contributed by atoms with Crippen molar-refractivity contribution in [3.63, 3.8) is 0 Å². The summed E-state index contributed by atoms with van der Waals surface area (Å²) in [6.45, 7) is 3.57. The van der Waals surface area contributed by atoms with Gasteiger partial charge in [-0.25, -0.2) is 0 Å². The SMILES string of the molecule is CC1CCCCCN1C1CCCC1C#N. The highest BCUT2D eigenvalue weighted by Crippen LogP contribution is 2.32. The van der Waals surface area contributed by atoms with E-state index in [9.17, 15) is 0 Å². The molecular weight excluding hydrogens is 184 g/mol. The molecule has 0 amide bonds. The van der Waals surface area contributed by atoms with Crippen LogP contribution in [0.3, 0.4) is 0 Å². The van der Waals surface area contributed by atoms with Gasteiger partial charge in [0.2, 0.25) is 0 Å². The van der Waals surface area contributed by atoms with Crippen LogP contribution in [-0.2, 0) is 0 Å². The first-order chi connectivity index (χ1) is 7.33. The van der Waals surface area contributed by atoms with Gasteiger partial charge in [-0.15, -0.1) is 0 Å². The predicted molar refractivity (Wildman–Crippen MR) is 61.4 cm³/mol. The second-order valence-corrected chi connectivity index (χ2v) is 5.17. The highest BCUT2D eigenvalue weighted by Gasteiger charge is 2.34. The lowest BCUT2D eigenvalue weighted by Gasteiger charge is -2.34. The molecular formula is C13H22N2. The van der Waals surface area contributed by atoms with Crippen LogP contribution in [0.5, 0.6) is 0 Å². The Balaban J connectivity index is 2.03. The minimum atomic E-state index is 0.311. The Morgan fingerprint density at radius 3 is 2.73 bits per heavy atom. The minimum Gasteiger partial charge on any atom is -0.296 e. The van der Waals surface area contributed by atoms with Crippen molar-refractivity contribution in [2.75, 3.05) is 6.54 Å². The highest BCUT2D eigenvalue weighted by atomic mass is 15.2. The van der Waals surface area contributed by atoms with Gasteiger partial charge in [-0.05, 0) is 39.2 Å². The molecule has 0 radical (unpaired) electrons. The first-order valence-corrected chi connectivity index (χ1v) is 6.48. The molecule has 1 heterocycles. The Bertz CT molecular complexity index is 243. The van der Waals surface area contributed by atoms with Crippen molar-refractivity contribution in [1.82, 2.24) is 4.90 Å². The lowest BCUT2D eigenvalue weighted by molar-refractivity contribution is 0.132. The van der Waals surface area contributed by atoms with E-state index in [2.05, 4.69) is 17.9 Å². The topological polar surface area (TPSA) is 27.0 Å². The van der Waals surface area contributed by atoms with E-state index in [0.717, 1.165) is 6.42 Å². The fraction of sp³-hybridized carbons (Fsp3) is 0.923. The van der Waals surface area contributed by atoms with Crippen molar-refractivity contribution < 1.29 is 0 Å². The molecule has 3 atom stereocenters. The summed E-state index contributed by atoms with van der Waals surface area (Å²) >= 11 is 0. The van der Waals surface area contributed by atoms with Crippen molar-refractivity contribution in [2.45, 2.75) is 64.0 Å². The molecule has 84 valence electrons. The summed E-state index contributed by atoms with van der Waals surface area (Å²) in [5, 5.41) is 9.15. The Morgan fingerprint density at radius 2 is 1.93 bits per heavy atom. The van der Waals surface area contributed by atoms with E-state index in [1.54, 1.807) is 0 Å². The molecule has 2 fully saturated rings. The molecule has 2 rings (SSSR count). The van der Waals surface area contributed by atoms with Gasteiger partial charge in [-0.1, -0.05) is 19.3 Å². The van der Waals surface area contributed by atoms with Gasteiger partial charge < -0.3 is 0 Å². The van der Waals surface area contributed by atoms with Crippen LogP contribution in [0.4, 0.5) is 0 Å².